The second-order valence-electron chi connectivity index (χ2n) is 8.24. The molecule has 1 saturated heterocycles. The van der Waals surface area contributed by atoms with Gasteiger partial charge in [0.15, 0.2) is 5.82 Å². The average molecular weight is 493 g/mol. The van der Waals surface area contributed by atoms with Crippen LogP contribution in [0.1, 0.15) is 23.2 Å². The fraction of sp³-hybridized carbons (Fsp3) is 0.364. The summed E-state index contributed by atoms with van der Waals surface area (Å²) in [6.07, 6.45) is 5.20. The second kappa shape index (κ2) is 8.69. The molecule has 0 radical (unpaired) electrons. The lowest BCUT2D eigenvalue weighted by atomic mass is 10.1. The molecule has 174 valence electrons. The number of H-pyrrole nitrogens is 1. The third-order valence-electron chi connectivity index (χ3n) is 6.00. The summed E-state index contributed by atoms with van der Waals surface area (Å²) < 4.78 is 57.0. The van der Waals surface area contributed by atoms with Crippen molar-refractivity contribution in [1.82, 2.24) is 19.2 Å². The Bertz CT molecular complexity index is 1320. The van der Waals surface area contributed by atoms with Crippen LogP contribution in [-0.4, -0.2) is 65.4 Å². The van der Waals surface area contributed by atoms with Gasteiger partial charge in [-0.25, -0.2) is 22.2 Å². The van der Waals surface area contributed by atoms with Crippen molar-refractivity contribution < 1.29 is 22.0 Å². The number of benzene rings is 1. The van der Waals surface area contributed by atoms with Gasteiger partial charge < -0.3 is 9.88 Å². The van der Waals surface area contributed by atoms with E-state index in [1.165, 1.54) is 33.2 Å². The minimum absolute atomic E-state index is 0.0281. The Morgan fingerprint density at radius 3 is 2.64 bits per heavy atom. The SMILES string of the molecule is O=C(c1c(F)ccc(SCC2CC2)c1F)N1CCN(S(=O)(=O)c2c[nH]c3ncccc23)CC1. The van der Waals surface area contributed by atoms with E-state index in [-0.39, 0.29) is 36.0 Å². The number of hydrogen-bond acceptors (Lipinski definition) is 5. The van der Waals surface area contributed by atoms with Crippen LogP contribution in [0.15, 0.2) is 46.5 Å². The number of amides is 1. The minimum atomic E-state index is -3.82. The molecule has 5 rings (SSSR count). The van der Waals surface area contributed by atoms with E-state index in [1.807, 2.05) is 0 Å². The number of aromatic amines is 1. The quantitative estimate of drug-likeness (QED) is 0.533. The van der Waals surface area contributed by atoms with E-state index in [1.54, 1.807) is 18.3 Å². The maximum absolute atomic E-state index is 15.0. The zero-order valence-electron chi connectivity index (χ0n) is 17.6. The molecule has 1 aliphatic carbocycles. The topological polar surface area (TPSA) is 86.4 Å². The smallest absolute Gasteiger partial charge is 0.259 e. The molecule has 3 heterocycles. The van der Waals surface area contributed by atoms with Gasteiger partial charge in [0, 0.05) is 54.6 Å². The molecule has 1 N–H and O–H groups in total. The van der Waals surface area contributed by atoms with Gasteiger partial charge in [0.05, 0.1) is 0 Å². The van der Waals surface area contributed by atoms with Crippen molar-refractivity contribution in [2.75, 3.05) is 31.9 Å². The summed E-state index contributed by atoms with van der Waals surface area (Å²) in [5, 5.41) is 0.487. The molecule has 11 heteroatoms. The van der Waals surface area contributed by atoms with E-state index in [0.29, 0.717) is 17.0 Å². The Balaban J connectivity index is 1.31. The molecule has 2 aromatic heterocycles. The normalized spacial score (nSPS) is 17.6. The molecule has 1 saturated carbocycles. The molecule has 1 amide bonds. The maximum atomic E-state index is 15.0. The Kier molecular flexibility index (Phi) is 5.87. The fourth-order valence-electron chi connectivity index (χ4n) is 3.91. The lowest BCUT2D eigenvalue weighted by Gasteiger charge is -2.34. The van der Waals surface area contributed by atoms with Crippen LogP contribution in [-0.2, 0) is 10.0 Å². The molecule has 0 unspecified atom stereocenters. The van der Waals surface area contributed by atoms with Gasteiger partial charge in [-0.15, -0.1) is 11.8 Å². The Morgan fingerprint density at radius 1 is 1.15 bits per heavy atom. The number of sulfonamides is 1. The highest BCUT2D eigenvalue weighted by Crippen LogP contribution is 2.37. The number of piperazine rings is 1. The molecular formula is C22H22F2N4O3S2. The van der Waals surface area contributed by atoms with E-state index < -0.39 is 33.1 Å². The van der Waals surface area contributed by atoms with Gasteiger partial charge in [-0.05, 0) is 43.0 Å². The van der Waals surface area contributed by atoms with Gasteiger partial charge in [0.25, 0.3) is 5.91 Å². The molecule has 0 spiro atoms. The van der Waals surface area contributed by atoms with Crippen LogP contribution >= 0.6 is 11.8 Å². The molecule has 1 aromatic carbocycles. The first-order chi connectivity index (χ1) is 15.9. The van der Waals surface area contributed by atoms with Crippen molar-refractivity contribution in [3.05, 3.63) is 53.9 Å². The van der Waals surface area contributed by atoms with Gasteiger partial charge in [0.1, 0.15) is 21.9 Å². The van der Waals surface area contributed by atoms with Crippen LogP contribution in [0, 0.1) is 17.6 Å². The van der Waals surface area contributed by atoms with E-state index in [2.05, 4.69) is 9.97 Å². The Morgan fingerprint density at radius 2 is 1.91 bits per heavy atom. The number of carbonyl (C=O) groups is 1. The third kappa shape index (κ3) is 4.24. The average Bonchev–Trinajstić information content (AvgIpc) is 3.54. The molecule has 0 atom stereocenters. The number of fused-ring (bicyclic) bond motifs is 1. The molecule has 2 aliphatic rings. The van der Waals surface area contributed by atoms with Gasteiger partial charge in [-0.1, -0.05) is 0 Å². The zero-order valence-corrected chi connectivity index (χ0v) is 19.3. The number of rotatable bonds is 6. The summed E-state index contributed by atoms with van der Waals surface area (Å²) in [4.78, 5) is 21.6. The van der Waals surface area contributed by atoms with Crippen molar-refractivity contribution in [3.8, 4) is 0 Å². The largest absolute Gasteiger partial charge is 0.345 e. The van der Waals surface area contributed by atoms with Crippen LogP contribution in [0.3, 0.4) is 0 Å². The summed E-state index contributed by atoms with van der Waals surface area (Å²) in [7, 11) is -3.82. The molecule has 2 fully saturated rings. The van der Waals surface area contributed by atoms with Crippen LogP contribution in [0.25, 0.3) is 11.0 Å². The monoisotopic (exact) mass is 492 g/mol. The summed E-state index contributed by atoms with van der Waals surface area (Å²) in [5.41, 5.74) is -0.106. The molecule has 3 aromatic rings. The lowest BCUT2D eigenvalue weighted by Crippen LogP contribution is -2.50. The summed E-state index contributed by atoms with van der Waals surface area (Å²) in [5.74, 6) is -1.20. The number of hydrogen-bond donors (Lipinski definition) is 1. The molecule has 0 bridgehead atoms. The highest BCUT2D eigenvalue weighted by atomic mass is 32.2. The summed E-state index contributed by atoms with van der Waals surface area (Å²) in [6, 6.07) is 5.82. The summed E-state index contributed by atoms with van der Waals surface area (Å²) in [6.45, 7) is 0.134. The Labute approximate surface area is 194 Å². The van der Waals surface area contributed by atoms with Gasteiger partial charge in [-0.2, -0.15) is 4.31 Å². The molecule has 1 aliphatic heterocycles. The van der Waals surface area contributed by atoms with E-state index in [9.17, 15) is 22.0 Å². The van der Waals surface area contributed by atoms with Crippen molar-refractivity contribution in [3.63, 3.8) is 0 Å². The number of nitrogens with one attached hydrogen (secondary N) is 1. The van der Waals surface area contributed by atoms with Gasteiger partial charge in [0.2, 0.25) is 10.0 Å². The number of thioether (sulfide) groups is 1. The van der Waals surface area contributed by atoms with Gasteiger partial charge in [-0.3, -0.25) is 4.79 Å². The van der Waals surface area contributed by atoms with Crippen LogP contribution in [0.5, 0.6) is 0 Å². The fourth-order valence-corrected chi connectivity index (χ4v) is 6.62. The highest BCUT2D eigenvalue weighted by molar-refractivity contribution is 7.99. The van der Waals surface area contributed by atoms with E-state index >= 15 is 0 Å². The molecular weight excluding hydrogens is 470 g/mol. The van der Waals surface area contributed by atoms with Crippen LogP contribution in [0.4, 0.5) is 8.78 Å². The third-order valence-corrected chi connectivity index (χ3v) is 9.20. The van der Waals surface area contributed by atoms with Crippen molar-refractivity contribution in [2.45, 2.75) is 22.6 Å². The van der Waals surface area contributed by atoms with Crippen molar-refractivity contribution in [1.29, 1.82) is 0 Å². The number of halogens is 2. The predicted octanol–water partition coefficient (Wildman–Crippen LogP) is 3.49. The molecule has 7 nitrogen and oxygen atoms in total. The van der Waals surface area contributed by atoms with Crippen LogP contribution in [0.2, 0.25) is 0 Å². The standard InChI is InChI=1S/C22H22F2N4O3S2/c23-16-5-6-17(32-13-14-3-4-14)20(24)19(16)22(29)27-8-10-28(11-9-27)33(30,31)18-12-26-21-15(18)2-1-7-25-21/h1-2,5-7,12,14H,3-4,8-11,13H2,(H,25,26). The highest BCUT2D eigenvalue weighted by Gasteiger charge is 2.34. The number of nitrogens with zero attached hydrogens (tertiary/aromatic N) is 3. The van der Waals surface area contributed by atoms with E-state index in [4.69, 9.17) is 0 Å². The zero-order chi connectivity index (χ0) is 23.2. The lowest BCUT2D eigenvalue weighted by molar-refractivity contribution is 0.0687. The second-order valence-corrected chi connectivity index (χ2v) is 11.2. The first-order valence-electron chi connectivity index (χ1n) is 10.7. The predicted molar refractivity (Wildman–Crippen MR) is 121 cm³/mol. The first-order valence-corrected chi connectivity index (χ1v) is 13.1. The number of pyridine rings is 1. The number of aromatic nitrogens is 2. The van der Waals surface area contributed by atoms with Crippen LogP contribution < -0.4 is 0 Å². The first kappa shape index (κ1) is 22.3. The molecule has 33 heavy (non-hydrogen) atoms. The van der Waals surface area contributed by atoms with Gasteiger partial charge >= 0.3 is 0 Å². The maximum Gasteiger partial charge on any atom is 0.259 e. The van der Waals surface area contributed by atoms with Crippen molar-refractivity contribution >= 4 is 38.7 Å². The minimum Gasteiger partial charge on any atom is -0.345 e. The number of carbonyl (C=O) groups excluding carboxylic acids is 1. The summed E-state index contributed by atoms with van der Waals surface area (Å²) >= 11 is 1.30. The Hall–Kier alpha value is -2.50. The van der Waals surface area contributed by atoms with E-state index in [0.717, 1.165) is 24.7 Å². The van der Waals surface area contributed by atoms with Crippen molar-refractivity contribution in [2.24, 2.45) is 5.92 Å².